The van der Waals surface area contributed by atoms with Crippen molar-refractivity contribution < 1.29 is 8.42 Å². The lowest BCUT2D eigenvalue weighted by atomic mass is 10.1. The molecule has 1 saturated carbocycles. The molecule has 1 aliphatic heterocycles. The maximum atomic E-state index is 12.6. The lowest BCUT2D eigenvalue weighted by Crippen LogP contribution is -2.40. The van der Waals surface area contributed by atoms with Gasteiger partial charge in [0, 0.05) is 25.2 Å². The molecule has 2 atom stereocenters. The largest absolute Gasteiger partial charge is 0.298 e. The fourth-order valence-electron chi connectivity index (χ4n) is 2.89. The summed E-state index contributed by atoms with van der Waals surface area (Å²) in [5.41, 5.74) is 0. The Morgan fingerprint density at radius 1 is 1.19 bits per heavy atom. The maximum absolute atomic E-state index is 12.6. The Hall–Kier alpha value is -0.330. The zero-order valence-electron chi connectivity index (χ0n) is 11.7. The molecule has 21 heavy (non-hydrogen) atoms. The number of nitrogens with zero attached hydrogens (tertiary/aromatic N) is 1. The Morgan fingerprint density at radius 3 is 2.38 bits per heavy atom. The molecule has 1 saturated heterocycles. The topological polar surface area (TPSA) is 49.4 Å². The van der Waals surface area contributed by atoms with Crippen LogP contribution >= 0.6 is 23.2 Å². The molecule has 1 heterocycles. The van der Waals surface area contributed by atoms with Crippen molar-refractivity contribution in [2.45, 2.75) is 36.7 Å². The van der Waals surface area contributed by atoms with Crippen LogP contribution in [0, 0.1) is 5.92 Å². The predicted octanol–water partition coefficient (Wildman–Crippen LogP) is 2.75. The van der Waals surface area contributed by atoms with Gasteiger partial charge >= 0.3 is 0 Å². The first-order valence-electron chi connectivity index (χ1n) is 7.09. The van der Waals surface area contributed by atoms with E-state index in [0.717, 1.165) is 13.1 Å². The van der Waals surface area contributed by atoms with Gasteiger partial charge in [-0.3, -0.25) is 4.90 Å². The fraction of sp³-hybridized carbons (Fsp3) is 0.571. The molecule has 2 fully saturated rings. The van der Waals surface area contributed by atoms with Gasteiger partial charge in [-0.25, -0.2) is 13.1 Å². The minimum atomic E-state index is -3.71. The van der Waals surface area contributed by atoms with Gasteiger partial charge in [0.2, 0.25) is 10.0 Å². The van der Waals surface area contributed by atoms with Gasteiger partial charge in [0.05, 0.1) is 10.0 Å². The van der Waals surface area contributed by atoms with Gasteiger partial charge in [0.25, 0.3) is 0 Å². The van der Waals surface area contributed by atoms with E-state index in [1.54, 1.807) is 6.07 Å². The van der Waals surface area contributed by atoms with Crippen LogP contribution in [0.5, 0.6) is 0 Å². The van der Waals surface area contributed by atoms with E-state index in [-0.39, 0.29) is 26.9 Å². The smallest absolute Gasteiger partial charge is 0.243 e. The van der Waals surface area contributed by atoms with Crippen LogP contribution in [0.25, 0.3) is 0 Å². The molecular formula is C14H18Cl2N2O2S. The van der Waals surface area contributed by atoms with Gasteiger partial charge in [-0.1, -0.05) is 36.2 Å². The van der Waals surface area contributed by atoms with Crippen LogP contribution in [-0.2, 0) is 10.0 Å². The van der Waals surface area contributed by atoms with Crippen LogP contribution in [0.2, 0.25) is 10.0 Å². The lowest BCUT2D eigenvalue weighted by molar-refractivity contribution is 0.315. The molecule has 0 bridgehead atoms. The Kier molecular flexibility index (Phi) is 4.23. The number of halogens is 2. The SMILES string of the molecule is C[C@H]1CN(C2CC2)C[C@@H]1NS(=O)(=O)c1c(Cl)cccc1Cl. The molecule has 1 aromatic rings. The summed E-state index contributed by atoms with van der Waals surface area (Å²) in [5.74, 6) is 0.279. The highest BCUT2D eigenvalue weighted by Gasteiger charge is 2.40. The van der Waals surface area contributed by atoms with Crippen LogP contribution in [0.15, 0.2) is 23.1 Å². The van der Waals surface area contributed by atoms with Crippen LogP contribution in [-0.4, -0.2) is 38.5 Å². The molecular weight excluding hydrogens is 331 g/mol. The number of hydrogen-bond acceptors (Lipinski definition) is 3. The van der Waals surface area contributed by atoms with Gasteiger partial charge in [-0.15, -0.1) is 0 Å². The molecule has 0 aromatic heterocycles. The molecule has 1 aromatic carbocycles. The minimum absolute atomic E-state index is 0.0228. The summed E-state index contributed by atoms with van der Waals surface area (Å²) in [6.45, 7) is 3.77. The quantitative estimate of drug-likeness (QED) is 0.909. The van der Waals surface area contributed by atoms with Gasteiger partial charge in [0.1, 0.15) is 4.90 Å². The van der Waals surface area contributed by atoms with E-state index in [2.05, 4.69) is 16.5 Å². The normalized spacial score (nSPS) is 27.2. The number of likely N-dealkylation sites (tertiary alicyclic amines) is 1. The van der Waals surface area contributed by atoms with Crippen molar-refractivity contribution >= 4 is 33.2 Å². The van der Waals surface area contributed by atoms with Crippen molar-refractivity contribution in [2.24, 2.45) is 5.92 Å². The second kappa shape index (κ2) is 5.70. The molecule has 0 radical (unpaired) electrons. The third-order valence-corrected chi connectivity index (χ3v) is 6.64. The molecule has 3 rings (SSSR count). The van der Waals surface area contributed by atoms with E-state index in [9.17, 15) is 8.42 Å². The standard InChI is InChI=1S/C14H18Cl2N2O2S/c1-9-7-18(10-5-6-10)8-13(9)17-21(19,20)14-11(15)3-2-4-12(14)16/h2-4,9-10,13,17H,5-8H2,1H3/t9-,13-/m0/s1. The van der Waals surface area contributed by atoms with Crippen molar-refractivity contribution in [1.82, 2.24) is 9.62 Å². The Labute approximate surface area is 135 Å². The van der Waals surface area contributed by atoms with E-state index in [0.29, 0.717) is 6.04 Å². The van der Waals surface area contributed by atoms with Crippen LogP contribution in [0.3, 0.4) is 0 Å². The Morgan fingerprint density at radius 2 is 1.81 bits per heavy atom. The van der Waals surface area contributed by atoms with Gasteiger partial charge < -0.3 is 0 Å². The van der Waals surface area contributed by atoms with Crippen molar-refractivity contribution in [3.05, 3.63) is 28.2 Å². The summed E-state index contributed by atoms with van der Waals surface area (Å²) in [7, 11) is -3.71. The molecule has 1 N–H and O–H groups in total. The summed E-state index contributed by atoms with van der Waals surface area (Å²) in [4.78, 5) is 2.34. The lowest BCUT2D eigenvalue weighted by Gasteiger charge is -2.18. The van der Waals surface area contributed by atoms with Gasteiger partial charge in [-0.2, -0.15) is 0 Å². The molecule has 0 unspecified atom stereocenters. The summed E-state index contributed by atoms with van der Waals surface area (Å²) < 4.78 is 27.9. The molecule has 4 nitrogen and oxygen atoms in total. The van der Waals surface area contributed by atoms with Crippen molar-refractivity contribution in [2.75, 3.05) is 13.1 Å². The van der Waals surface area contributed by atoms with Crippen molar-refractivity contribution in [3.8, 4) is 0 Å². The third-order valence-electron chi connectivity index (χ3n) is 4.20. The number of hydrogen-bond donors (Lipinski definition) is 1. The molecule has 1 aliphatic carbocycles. The first kappa shape index (κ1) is 15.6. The number of rotatable bonds is 4. The van der Waals surface area contributed by atoms with E-state index >= 15 is 0 Å². The zero-order chi connectivity index (χ0) is 15.2. The number of benzene rings is 1. The monoisotopic (exact) mass is 348 g/mol. The summed E-state index contributed by atoms with van der Waals surface area (Å²) in [6, 6.07) is 5.26. The summed E-state index contributed by atoms with van der Waals surface area (Å²) in [5, 5.41) is 0.305. The van der Waals surface area contributed by atoms with E-state index in [1.807, 2.05) is 0 Å². The first-order valence-corrected chi connectivity index (χ1v) is 9.33. The first-order chi connectivity index (χ1) is 9.88. The summed E-state index contributed by atoms with van der Waals surface area (Å²) in [6.07, 6.45) is 2.45. The highest BCUT2D eigenvalue weighted by molar-refractivity contribution is 7.89. The van der Waals surface area contributed by atoms with E-state index < -0.39 is 10.0 Å². The number of sulfonamides is 1. The van der Waals surface area contributed by atoms with E-state index in [4.69, 9.17) is 23.2 Å². The molecule has 0 spiro atoms. The fourth-order valence-corrected chi connectivity index (χ4v) is 5.37. The van der Waals surface area contributed by atoms with Crippen LogP contribution in [0.4, 0.5) is 0 Å². The molecule has 7 heteroatoms. The Balaban J connectivity index is 1.80. The van der Waals surface area contributed by atoms with Gasteiger partial charge in [-0.05, 0) is 30.9 Å². The summed E-state index contributed by atoms with van der Waals surface area (Å²) >= 11 is 12.0. The second-order valence-electron chi connectivity index (χ2n) is 5.94. The van der Waals surface area contributed by atoms with E-state index in [1.165, 1.54) is 25.0 Å². The average molecular weight is 349 g/mol. The maximum Gasteiger partial charge on any atom is 0.243 e. The molecule has 0 amide bonds. The predicted molar refractivity (Wildman–Crippen MR) is 84.3 cm³/mol. The zero-order valence-corrected chi connectivity index (χ0v) is 14.0. The molecule has 2 aliphatic rings. The van der Waals surface area contributed by atoms with Crippen molar-refractivity contribution in [1.29, 1.82) is 0 Å². The third kappa shape index (κ3) is 3.22. The van der Waals surface area contributed by atoms with Crippen LogP contribution < -0.4 is 4.72 Å². The van der Waals surface area contributed by atoms with Crippen LogP contribution in [0.1, 0.15) is 19.8 Å². The van der Waals surface area contributed by atoms with Crippen molar-refractivity contribution in [3.63, 3.8) is 0 Å². The highest BCUT2D eigenvalue weighted by atomic mass is 35.5. The van der Waals surface area contributed by atoms with Gasteiger partial charge in [0.15, 0.2) is 0 Å². The number of nitrogens with one attached hydrogen (secondary N) is 1. The second-order valence-corrected chi connectivity index (χ2v) is 8.41. The average Bonchev–Trinajstić information content (AvgIpc) is 3.15. The highest BCUT2D eigenvalue weighted by Crippen LogP contribution is 2.33. The minimum Gasteiger partial charge on any atom is -0.298 e. The molecule has 116 valence electrons. The Bertz CT molecular complexity index is 626.